The monoisotopic (exact) mass is 442 g/mol. The van der Waals surface area contributed by atoms with Crippen LogP contribution in [0.25, 0.3) is 0 Å². The van der Waals surface area contributed by atoms with E-state index < -0.39 is 18.0 Å². The fraction of sp³-hybridized carbons (Fsp3) is 0.864. The van der Waals surface area contributed by atoms with Gasteiger partial charge in [0.1, 0.15) is 18.8 Å². The van der Waals surface area contributed by atoms with E-state index in [9.17, 15) is 14.4 Å². The van der Waals surface area contributed by atoms with E-state index in [0.717, 1.165) is 51.6 Å². The maximum absolute atomic E-state index is 12.5. The predicted octanol–water partition coefficient (Wildman–Crippen LogP) is 1.93. The summed E-state index contributed by atoms with van der Waals surface area (Å²) in [5.74, 6) is -1.00. The minimum absolute atomic E-state index is 0.0268. The number of likely N-dealkylation sites (tertiary alicyclic amines) is 1. The molecule has 0 spiro atoms. The van der Waals surface area contributed by atoms with Gasteiger partial charge in [-0.3, -0.25) is 19.3 Å². The number of likely N-dealkylation sites (N-methyl/N-ethyl adjacent to an activating group) is 1. The van der Waals surface area contributed by atoms with Crippen LogP contribution in [0, 0.1) is 5.92 Å². The molecule has 1 atom stereocenters. The predicted molar refractivity (Wildman–Crippen MR) is 113 cm³/mol. The quantitative estimate of drug-likeness (QED) is 0.395. The molecule has 0 radical (unpaired) electrons. The first-order valence-corrected chi connectivity index (χ1v) is 11.1. The van der Waals surface area contributed by atoms with E-state index in [0.29, 0.717) is 0 Å². The second-order valence-electron chi connectivity index (χ2n) is 9.33. The Kier molecular flexibility index (Phi) is 9.71. The van der Waals surface area contributed by atoms with Crippen molar-refractivity contribution in [1.82, 2.24) is 9.80 Å². The largest absolute Gasteiger partial charge is 0.469 e. The molecule has 1 saturated heterocycles. The summed E-state index contributed by atoms with van der Waals surface area (Å²) in [7, 11) is 2.97. The zero-order valence-corrected chi connectivity index (χ0v) is 19.6. The Bertz CT molecular complexity index is 605. The van der Waals surface area contributed by atoms with Crippen LogP contribution in [0.15, 0.2) is 0 Å². The first kappa shape index (κ1) is 25.5. The summed E-state index contributed by atoms with van der Waals surface area (Å²) in [6.45, 7) is 6.74. The Morgan fingerprint density at radius 2 is 1.68 bits per heavy atom. The van der Waals surface area contributed by atoms with Gasteiger partial charge in [-0.25, -0.2) is 0 Å². The van der Waals surface area contributed by atoms with Crippen LogP contribution in [0.3, 0.4) is 0 Å². The van der Waals surface area contributed by atoms with E-state index in [2.05, 4.69) is 4.90 Å². The van der Waals surface area contributed by atoms with E-state index in [1.807, 2.05) is 0 Å². The van der Waals surface area contributed by atoms with Crippen molar-refractivity contribution in [2.45, 2.75) is 77.4 Å². The Hall–Kier alpha value is -1.71. The zero-order chi connectivity index (χ0) is 23.0. The molecule has 31 heavy (non-hydrogen) atoms. The second-order valence-corrected chi connectivity index (χ2v) is 9.33. The summed E-state index contributed by atoms with van der Waals surface area (Å²) in [5.41, 5.74) is -0.598. The van der Waals surface area contributed by atoms with Gasteiger partial charge in [0, 0.05) is 20.1 Å². The molecule has 9 nitrogen and oxygen atoms in total. The first-order chi connectivity index (χ1) is 14.6. The molecule has 0 N–H and O–H groups in total. The highest BCUT2D eigenvalue weighted by Crippen LogP contribution is 2.29. The van der Waals surface area contributed by atoms with Crippen molar-refractivity contribution in [3.63, 3.8) is 0 Å². The number of ether oxygens (including phenoxy) is 4. The third-order valence-corrected chi connectivity index (χ3v) is 5.52. The lowest BCUT2D eigenvalue weighted by Crippen LogP contribution is -2.44. The van der Waals surface area contributed by atoms with Gasteiger partial charge in [0.2, 0.25) is 12.3 Å². The van der Waals surface area contributed by atoms with Crippen LogP contribution in [-0.2, 0) is 33.3 Å². The maximum atomic E-state index is 12.5. The van der Waals surface area contributed by atoms with Crippen molar-refractivity contribution in [3.05, 3.63) is 0 Å². The molecule has 0 bridgehead atoms. The number of hydrogen-bond acceptors (Lipinski definition) is 8. The molecule has 1 aliphatic heterocycles. The molecular formula is C22H38N2O7. The SMILES string of the molecule is COC(=O)C1CCC(OC(OCC(=O)N(C)CC(=O)OC(C)(C)C)N2CCCC2)CC1. The Balaban J connectivity index is 1.83. The van der Waals surface area contributed by atoms with Gasteiger partial charge in [0.25, 0.3) is 0 Å². The minimum atomic E-state index is -0.610. The van der Waals surface area contributed by atoms with Crippen molar-refractivity contribution in [3.8, 4) is 0 Å². The topological polar surface area (TPSA) is 94.6 Å². The third-order valence-electron chi connectivity index (χ3n) is 5.52. The first-order valence-electron chi connectivity index (χ1n) is 11.1. The lowest BCUT2D eigenvalue weighted by atomic mass is 9.87. The maximum Gasteiger partial charge on any atom is 0.326 e. The highest BCUT2D eigenvalue weighted by molar-refractivity contribution is 5.82. The molecular weight excluding hydrogens is 404 g/mol. The van der Waals surface area contributed by atoms with Crippen molar-refractivity contribution in [1.29, 1.82) is 0 Å². The number of rotatable bonds is 9. The van der Waals surface area contributed by atoms with Crippen LogP contribution < -0.4 is 0 Å². The molecule has 1 heterocycles. The summed E-state index contributed by atoms with van der Waals surface area (Å²) in [5, 5.41) is 0. The molecule has 2 aliphatic rings. The molecule has 2 rings (SSSR count). The van der Waals surface area contributed by atoms with Crippen LogP contribution in [-0.4, -0.2) is 86.2 Å². The number of amides is 1. The van der Waals surface area contributed by atoms with E-state index in [4.69, 9.17) is 18.9 Å². The number of nitrogens with zero attached hydrogens (tertiary/aromatic N) is 2. The van der Waals surface area contributed by atoms with Gasteiger partial charge >= 0.3 is 11.9 Å². The lowest BCUT2D eigenvalue weighted by Gasteiger charge is -2.34. The summed E-state index contributed by atoms with van der Waals surface area (Å²) < 4.78 is 22.2. The Morgan fingerprint density at radius 3 is 2.23 bits per heavy atom. The van der Waals surface area contributed by atoms with Crippen molar-refractivity contribution >= 4 is 17.8 Å². The Labute approximate surface area is 185 Å². The number of methoxy groups -OCH3 is 1. The second kappa shape index (κ2) is 11.8. The van der Waals surface area contributed by atoms with E-state index >= 15 is 0 Å². The van der Waals surface area contributed by atoms with Gasteiger partial charge in [-0.15, -0.1) is 0 Å². The summed E-state index contributed by atoms with van der Waals surface area (Å²) in [4.78, 5) is 39.6. The lowest BCUT2D eigenvalue weighted by molar-refractivity contribution is -0.245. The van der Waals surface area contributed by atoms with Gasteiger partial charge in [-0.2, -0.15) is 0 Å². The number of carbonyl (C=O) groups excluding carboxylic acids is 3. The van der Waals surface area contributed by atoms with Crippen LogP contribution in [0.1, 0.15) is 59.3 Å². The van der Waals surface area contributed by atoms with Crippen LogP contribution in [0.5, 0.6) is 0 Å². The molecule has 0 aromatic rings. The molecule has 0 aromatic heterocycles. The fourth-order valence-corrected chi connectivity index (χ4v) is 3.86. The number of carbonyl (C=O) groups is 3. The molecule has 9 heteroatoms. The van der Waals surface area contributed by atoms with Gasteiger partial charge in [0.15, 0.2) is 0 Å². The van der Waals surface area contributed by atoms with Gasteiger partial charge in [-0.05, 0) is 59.3 Å². The van der Waals surface area contributed by atoms with Gasteiger partial charge in [-0.1, -0.05) is 0 Å². The van der Waals surface area contributed by atoms with Gasteiger partial charge in [0.05, 0.1) is 19.1 Å². The standard InChI is InChI=1S/C22H38N2O7/c1-22(2,3)31-19(26)14-23(4)18(25)15-29-21(24-12-6-7-13-24)30-17-10-8-16(9-11-17)20(27)28-5/h16-17,21H,6-15H2,1-5H3. The fourth-order valence-electron chi connectivity index (χ4n) is 3.86. The smallest absolute Gasteiger partial charge is 0.326 e. The Morgan fingerprint density at radius 1 is 1.06 bits per heavy atom. The minimum Gasteiger partial charge on any atom is -0.469 e. The average Bonchev–Trinajstić information content (AvgIpc) is 3.23. The van der Waals surface area contributed by atoms with E-state index in [1.165, 1.54) is 12.0 Å². The summed E-state index contributed by atoms with van der Waals surface area (Å²) in [6.07, 6.45) is 4.43. The highest BCUT2D eigenvalue weighted by atomic mass is 16.7. The highest BCUT2D eigenvalue weighted by Gasteiger charge is 2.32. The van der Waals surface area contributed by atoms with Crippen molar-refractivity contribution < 1.29 is 33.3 Å². The van der Waals surface area contributed by atoms with E-state index in [-0.39, 0.29) is 37.0 Å². The van der Waals surface area contributed by atoms with Crippen LogP contribution >= 0.6 is 0 Å². The van der Waals surface area contributed by atoms with Crippen LogP contribution in [0.2, 0.25) is 0 Å². The third kappa shape index (κ3) is 8.74. The molecule has 1 aliphatic carbocycles. The van der Waals surface area contributed by atoms with E-state index in [1.54, 1.807) is 27.8 Å². The number of esters is 2. The molecule has 1 saturated carbocycles. The van der Waals surface area contributed by atoms with Crippen molar-refractivity contribution in [2.75, 3.05) is 40.4 Å². The van der Waals surface area contributed by atoms with Gasteiger partial charge < -0.3 is 23.8 Å². The number of hydrogen-bond donors (Lipinski definition) is 0. The normalized spacial score (nSPS) is 23.3. The molecule has 1 amide bonds. The van der Waals surface area contributed by atoms with Crippen LogP contribution in [0.4, 0.5) is 0 Å². The summed E-state index contributed by atoms with van der Waals surface area (Å²) >= 11 is 0. The molecule has 1 unspecified atom stereocenters. The van der Waals surface area contributed by atoms with Crippen molar-refractivity contribution in [2.24, 2.45) is 5.92 Å². The molecule has 2 fully saturated rings. The zero-order valence-electron chi connectivity index (χ0n) is 19.6. The molecule has 0 aromatic carbocycles. The molecule has 178 valence electrons. The summed E-state index contributed by atoms with van der Waals surface area (Å²) in [6, 6.07) is 0. The average molecular weight is 443 g/mol.